The number of hydrogen-bond donors (Lipinski definition) is 2. The number of aryl methyl sites for hydroxylation is 1. The van der Waals surface area contributed by atoms with Crippen LogP contribution in [0.5, 0.6) is 0 Å². The third-order valence-corrected chi connectivity index (χ3v) is 7.91. The minimum Gasteiger partial charge on any atom is -0.375 e. The second kappa shape index (κ2) is 13.2. The summed E-state index contributed by atoms with van der Waals surface area (Å²) in [5, 5.41) is 3.37. The molecule has 0 saturated heterocycles. The summed E-state index contributed by atoms with van der Waals surface area (Å²) in [6.07, 6.45) is -4.83. The fourth-order valence-corrected chi connectivity index (χ4v) is 5.87. The molecule has 0 spiro atoms. The number of hydrogen-bond acceptors (Lipinski definition) is 4. The highest BCUT2D eigenvalue weighted by atomic mass is 32.2. The van der Waals surface area contributed by atoms with Crippen LogP contribution in [-0.2, 0) is 27.5 Å². The summed E-state index contributed by atoms with van der Waals surface area (Å²) in [5.74, 6) is 0. The Bertz CT molecular complexity index is 1460. The van der Waals surface area contributed by atoms with Gasteiger partial charge in [-0.15, -0.1) is 0 Å². The van der Waals surface area contributed by atoms with Crippen molar-refractivity contribution in [2.75, 3.05) is 13.2 Å². The van der Waals surface area contributed by atoms with Gasteiger partial charge in [-0.3, -0.25) is 0 Å². The van der Waals surface area contributed by atoms with Crippen LogP contribution >= 0.6 is 0 Å². The van der Waals surface area contributed by atoms with Crippen molar-refractivity contribution in [3.8, 4) is 0 Å². The summed E-state index contributed by atoms with van der Waals surface area (Å²) in [6, 6.07) is 28.6. The van der Waals surface area contributed by atoms with Crippen molar-refractivity contribution in [1.82, 2.24) is 10.0 Å². The number of nitrogens with one attached hydrogen (secondary N) is 2. The zero-order valence-corrected chi connectivity index (χ0v) is 22.8. The number of ether oxygens (including phenoxy) is 1. The number of halogens is 3. The molecule has 4 aromatic rings. The van der Waals surface area contributed by atoms with E-state index in [1.165, 1.54) is 12.1 Å². The van der Waals surface area contributed by atoms with Gasteiger partial charge in [0.25, 0.3) is 0 Å². The van der Waals surface area contributed by atoms with Crippen LogP contribution in [0.1, 0.15) is 39.9 Å². The topological polar surface area (TPSA) is 67.4 Å². The molecule has 0 fully saturated rings. The maximum atomic E-state index is 13.7. The first-order chi connectivity index (χ1) is 19.1. The van der Waals surface area contributed by atoms with Gasteiger partial charge < -0.3 is 10.1 Å². The number of sulfonamides is 1. The predicted octanol–water partition coefficient (Wildman–Crippen LogP) is 6.58. The van der Waals surface area contributed by atoms with Crippen LogP contribution < -0.4 is 10.0 Å². The maximum absolute atomic E-state index is 13.7. The minimum atomic E-state index is -4.83. The Kier molecular flexibility index (Phi) is 9.76. The highest BCUT2D eigenvalue weighted by Crippen LogP contribution is 2.36. The van der Waals surface area contributed by atoms with Crippen molar-refractivity contribution in [2.45, 2.75) is 36.7 Å². The van der Waals surface area contributed by atoms with Crippen molar-refractivity contribution >= 4 is 10.0 Å². The molecule has 0 aromatic heterocycles. The fourth-order valence-electron chi connectivity index (χ4n) is 4.40. The molecule has 4 aromatic carbocycles. The first-order valence-corrected chi connectivity index (χ1v) is 14.3. The van der Waals surface area contributed by atoms with Gasteiger partial charge in [0, 0.05) is 6.54 Å². The summed E-state index contributed by atoms with van der Waals surface area (Å²) in [7, 11) is -4.59. The highest BCUT2D eigenvalue weighted by Gasteiger charge is 2.38. The Balaban J connectivity index is 1.61. The monoisotopic (exact) mass is 568 g/mol. The molecular weight excluding hydrogens is 537 g/mol. The summed E-state index contributed by atoms with van der Waals surface area (Å²) in [5.41, 5.74) is 2.33. The lowest BCUT2D eigenvalue weighted by atomic mass is 9.94. The van der Waals surface area contributed by atoms with Crippen LogP contribution in [0.2, 0.25) is 0 Å². The minimum absolute atomic E-state index is 0.336. The maximum Gasteiger partial charge on any atom is 0.417 e. The van der Waals surface area contributed by atoms with E-state index in [4.69, 9.17) is 4.74 Å². The van der Waals surface area contributed by atoms with Crippen LogP contribution in [0.25, 0.3) is 0 Å². The summed E-state index contributed by atoms with van der Waals surface area (Å²) in [6.45, 7) is 3.14. The lowest BCUT2D eigenvalue weighted by molar-refractivity contribution is -0.139. The van der Waals surface area contributed by atoms with E-state index < -0.39 is 38.7 Å². The SMILES string of the molecule is Cc1ccc(COCCN[C@H](c2ccccc2)[C@H](NS(=O)(=O)c2ccccc2C(F)(F)F)c2ccccc2)cc1. The fraction of sp³-hybridized carbons (Fsp3) is 0.226. The molecule has 0 radical (unpaired) electrons. The van der Waals surface area contributed by atoms with Gasteiger partial charge in [-0.2, -0.15) is 13.2 Å². The number of rotatable bonds is 12. The van der Waals surface area contributed by atoms with Gasteiger partial charge in [0.15, 0.2) is 0 Å². The molecule has 5 nitrogen and oxygen atoms in total. The standard InChI is InChI=1S/C31H31F3N2O3S/c1-23-16-18-24(19-17-23)22-39-21-20-35-29(25-10-4-2-5-11-25)30(26-12-6-3-7-13-26)36-40(37,38)28-15-9-8-14-27(28)31(32,33)34/h2-19,29-30,35-36H,20-22H2,1H3/t29-,30-/m1/s1. The Labute approximate surface area is 233 Å². The molecule has 4 rings (SSSR count). The van der Waals surface area contributed by atoms with E-state index in [0.717, 1.165) is 28.8 Å². The van der Waals surface area contributed by atoms with Crippen LogP contribution in [0, 0.1) is 6.92 Å². The molecule has 0 aliphatic heterocycles. The zero-order chi connectivity index (χ0) is 28.6. The predicted molar refractivity (Wildman–Crippen MR) is 149 cm³/mol. The average molecular weight is 569 g/mol. The average Bonchev–Trinajstić information content (AvgIpc) is 2.95. The van der Waals surface area contributed by atoms with Gasteiger partial charge in [-0.05, 0) is 35.7 Å². The van der Waals surface area contributed by atoms with Crippen LogP contribution in [-0.4, -0.2) is 21.6 Å². The van der Waals surface area contributed by atoms with Crippen LogP contribution in [0.3, 0.4) is 0 Å². The Morgan fingerprint density at radius 1 is 0.750 bits per heavy atom. The first kappa shape index (κ1) is 29.5. The Hall–Kier alpha value is -3.50. The highest BCUT2D eigenvalue weighted by molar-refractivity contribution is 7.89. The molecule has 210 valence electrons. The van der Waals surface area contributed by atoms with Crippen molar-refractivity contribution < 1.29 is 26.3 Å². The molecule has 40 heavy (non-hydrogen) atoms. The summed E-state index contributed by atoms with van der Waals surface area (Å²) < 4.78 is 76.6. The molecule has 0 saturated carbocycles. The van der Waals surface area contributed by atoms with Crippen LogP contribution in [0.4, 0.5) is 13.2 Å². The lowest BCUT2D eigenvalue weighted by Crippen LogP contribution is -2.40. The number of alkyl halides is 3. The first-order valence-electron chi connectivity index (χ1n) is 12.8. The van der Waals surface area contributed by atoms with Crippen molar-refractivity contribution in [2.24, 2.45) is 0 Å². The van der Waals surface area contributed by atoms with E-state index in [1.807, 2.05) is 61.5 Å². The van der Waals surface area contributed by atoms with E-state index in [2.05, 4.69) is 10.0 Å². The van der Waals surface area contributed by atoms with Gasteiger partial charge >= 0.3 is 6.18 Å². The molecular formula is C31H31F3N2O3S. The third-order valence-electron chi connectivity index (χ3n) is 6.41. The van der Waals surface area contributed by atoms with E-state index in [0.29, 0.717) is 25.3 Å². The van der Waals surface area contributed by atoms with Gasteiger partial charge in [-0.25, -0.2) is 13.1 Å². The van der Waals surface area contributed by atoms with Gasteiger partial charge in [0.1, 0.15) is 0 Å². The molecule has 0 aliphatic carbocycles. The molecule has 0 amide bonds. The molecule has 0 bridgehead atoms. The van der Waals surface area contributed by atoms with Crippen LogP contribution in [0.15, 0.2) is 114 Å². The largest absolute Gasteiger partial charge is 0.417 e. The molecule has 2 N–H and O–H groups in total. The van der Waals surface area contributed by atoms with E-state index in [9.17, 15) is 21.6 Å². The van der Waals surface area contributed by atoms with Crippen molar-refractivity contribution in [1.29, 1.82) is 0 Å². The Morgan fingerprint density at radius 3 is 1.90 bits per heavy atom. The smallest absolute Gasteiger partial charge is 0.375 e. The van der Waals surface area contributed by atoms with Gasteiger partial charge in [-0.1, -0.05) is 103 Å². The van der Waals surface area contributed by atoms with E-state index in [1.54, 1.807) is 30.3 Å². The van der Waals surface area contributed by atoms with Crippen molar-refractivity contribution in [3.05, 3.63) is 137 Å². The summed E-state index contributed by atoms with van der Waals surface area (Å²) >= 11 is 0. The second-order valence-electron chi connectivity index (χ2n) is 9.38. The number of benzene rings is 4. The van der Waals surface area contributed by atoms with Crippen molar-refractivity contribution in [3.63, 3.8) is 0 Å². The van der Waals surface area contributed by atoms with Gasteiger partial charge in [0.05, 0.1) is 35.8 Å². The van der Waals surface area contributed by atoms with Gasteiger partial charge in [0.2, 0.25) is 10.0 Å². The quantitative estimate of drug-likeness (QED) is 0.190. The zero-order valence-electron chi connectivity index (χ0n) is 21.9. The molecule has 9 heteroatoms. The second-order valence-corrected chi connectivity index (χ2v) is 11.1. The third kappa shape index (κ3) is 7.79. The summed E-state index contributed by atoms with van der Waals surface area (Å²) in [4.78, 5) is -0.823. The Morgan fingerprint density at radius 2 is 1.30 bits per heavy atom. The molecule has 0 unspecified atom stereocenters. The lowest BCUT2D eigenvalue weighted by Gasteiger charge is -2.30. The van der Waals surface area contributed by atoms with E-state index in [-0.39, 0.29) is 0 Å². The molecule has 0 aliphatic rings. The molecule has 2 atom stereocenters. The normalized spacial score (nSPS) is 13.6. The molecule has 0 heterocycles. The van der Waals surface area contributed by atoms with E-state index >= 15 is 0 Å².